The Kier molecular flexibility index (Phi) is 4.46. The van der Waals surface area contributed by atoms with Crippen molar-refractivity contribution in [2.45, 2.75) is 52.5 Å². The number of rotatable bonds is 3. The molecule has 1 rings (SSSR count). The summed E-state index contributed by atoms with van der Waals surface area (Å²) in [6.07, 6.45) is 5.30. The van der Waals surface area contributed by atoms with Crippen LogP contribution in [0.15, 0.2) is 11.1 Å². The molecule has 0 saturated heterocycles. The Morgan fingerprint density at radius 1 is 1.43 bits per heavy atom. The number of nitrogens with one attached hydrogen (secondary N) is 1. The summed E-state index contributed by atoms with van der Waals surface area (Å²) < 4.78 is 0. The summed E-state index contributed by atoms with van der Waals surface area (Å²) in [5, 5.41) is 3.56. The number of hydrogen-bond donors (Lipinski definition) is 1. The first-order valence-electron chi connectivity index (χ1n) is 5.53. The fourth-order valence-electron chi connectivity index (χ4n) is 1.95. The molecule has 1 nitrogen and oxygen atoms in total. The molecule has 0 heterocycles. The van der Waals surface area contributed by atoms with Crippen LogP contribution in [-0.2, 0) is 0 Å². The molecule has 1 aliphatic carbocycles. The molecule has 0 atom stereocenters. The molecule has 14 heavy (non-hydrogen) atoms. The molecular weight excluding hydrogens is 194 g/mol. The highest BCUT2D eigenvalue weighted by Crippen LogP contribution is 2.34. The van der Waals surface area contributed by atoms with E-state index < -0.39 is 0 Å². The molecule has 0 unspecified atom stereocenters. The van der Waals surface area contributed by atoms with E-state index in [1.54, 1.807) is 5.54 Å². The molecule has 1 saturated carbocycles. The van der Waals surface area contributed by atoms with E-state index in [2.05, 4.69) is 26.1 Å². The van der Waals surface area contributed by atoms with Gasteiger partial charge >= 0.3 is 0 Å². The second-order valence-corrected chi connectivity index (χ2v) is 5.49. The van der Waals surface area contributed by atoms with Gasteiger partial charge in [0.2, 0.25) is 0 Å². The van der Waals surface area contributed by atoms with Crippen LogP contribution in [0.3, 0.4) is 0 Å². The Hall–Kier alpha value is -0.0100. The molecular formula is C12H22ClN. The van der Waals surface area contributed by atoms with Gasteiger partial charge in [-0.3, -0.25) is 0 Å². The molecule has 0 aliphatic heterocycles. The monoisotopic (exact) mass is 215 g/mol. The van der Waals surface area contributed by atoms with Gasteiger partial charge < -0.3 is 5.32 Å². The van der Waals surface area contributed by atoms with E-state index in [0.29, 0.717) is 11.5 Å². The maximum atomic E-state index is 5.61. The van der Waals surface area contributed by atoms with E-state index in [0.717, 1.165) is 6.54 Å². The quantitative estimate of drug-likeness (QED) is 0.758. The van der Waals surface area contributed by atoms with Gasteiger partial charge in [0, 0.05) is 18.1 Å². The molecule has 1 aliphatic rings. The van der Waals surface area contributed by atoms with Crippen molar-refractivity contribution in [2.75, 3.05) is 6.54 Å². The molecule has 0 aromatic rings. The smallest absolute Gasteiger partial charge is 0.0176 e. The lowest BCUT2D eigenvalue weighted by Crippen LogP contribution is -2.36. The SMILES string of the molecule is CC(=CCl)CNC1CCC(C)(C)CC1. The van der Waals surface area contributed by atoms with Crippen LogP contribution in [-0.4, -0.2) is 12.6 Å². The van der Waals surface area contributed by atoms with Gasteiger partial charge in [-0.05, 0) is 43.6 Å². The zero-order valence-corrected chi connectivity index (χ0v) is 10.3. The first-order chi connectivity index (χ1) is 6.53. The summed E-state index contributed by atoms with van der Waals surface area (Å²) in [6, 6.07) is 0.703. The standard InChI is InChI=1S/C12H22ClN/c1-10(8-13)9-14-11-4-6-12(2,3)7-5-11/h8,11,14H,4-7,9H2,1-3H3. The lowest BCUT2D eigenvalue weighted by molar-refractivity contribution is 0.209. The summed E-state index contributed by atoms with van der Waals surface area (Å²) in [6.45, 7) is 7.74. The Labute approximate surface area is 92.9 Å². The first kappa shape index (κ1) is 12.1. The molecule has 0 aromatic carbocycles. The summed E-state index contributed by atoms with van der Waals surface area (Å²) in [5.74, 6) is 0. The van der Waals surface area contributed by atoms with Crippen LogP contribution in [0.25, 0.3) is 0 Å². The van der Waals surface area contributed by atoms with Crippen LogP contribution >= 0.6 is 11.6 Å². The van der Waals surface area contributed by atoms with Crippen molar-refractivity contribution in [2.24, 2.45) is 5.41 Å². The number of halogens is 1. The van der Waals surface area contributed by atoms with Gasteiger partial charge in [-0.15, -0.1) is 0 Å². The van der Waals surface area contributed by atoms with Crippen LogP contribution < -0.4 is 5.32 Å². The molecule has 0 bridgehead atoms. The average Bonchev–Trinajstić information content (AvgIpc) is 2.16. The molecule has 0 radical (unpaired) electrons. The Bertz CT molecular complexity index is 198. The van der Waals surface area contributed by atoms with Gasteiger partial charge in [-0.25, -0.2) is 0 Å². The third-order valence-electron chi connectivity index (χ3n) is 3.19. The topological polar surface area (TPSA) is 12.0 Å². The van der Waals surface area contributed by atoms with Crippen molar-refractivity contribution in [3.8, 4) is 0 Å². The first-order valence-corrected chi connectivity index (χ1v) is 5.96. The van der Waals surface area contributed by atoms with Crippen LogP contribution in [0.1, 0.15) is 46.5 Å². The minimum Gasteiger partial charge on any atom is -0.310 e. The van der Waals surface area contributed by atoms with Crippen LogP contribution in [0.5, 0.6) is 0 Å². The molecule has 82 valence electrons. The minimum absolute atomic E-state index is 0.565. The highest BCUT2D eigenvalue weighted by Gasteiger charge is 2.26. The zero-order valence-electron chi connectivity index (χ0n) is 9.57. The molecule has 1 fully saturated rings. The van der Waals surface area contributed by atoms with Crippen LogP contribution in [0.2, 0.25) is 0 Å². The summed E-state index contributed by atoms with van der Waals surface area (Å²) in [5.41, 5.74) is 3.45. The largest absolute Gasteiger partial charge is 0.310 e. The van der Waals surface area contributed by atoms with Gasteiger partial charge in [0.05, 0.1) is 0 Å². The van der Waals surface area contributed by atoms with Crippen molar-refractivity contribution in [1.82, 2.24) is 5.32 Å². The van der Waals surface area contributed by atoms with Gasteiger partial charge in [-0.1, -0.05) is 25.4 Å². The maximum absolute atomic E-state index is 5.61. The van der Waals surface area contributed by atoms with Gasteiger partial charge in [0.1, 0.15) is 0 Å². The second-order valence-electron chi connectivity index (χ2n) is 5.27. The zero-order chi connectivity index (χ0) is 10.6. The Morgan fingerprint density at radius 2 is 2.00 bits per heavy atom. The predicted molar refractivity (Wildman–Crippen MR) is 63.6 cm³/mol. The molecule has 2 heteroatoms. The Morgan fingerprint density at radius 3 is 2.50 bits per heavy atom. The summed E-state index contributed by atoms with van der Waals surface area (Å²) >= 11 is 5.61. The second kappa shape index (κ2) is 5.18. The summed E-state index contributed by atoms with van der Waals surface area (Å²) in [7, 11) is 0. The van der Waals surface area contributed by atoms with E-state index in [9.17, 15) is 0 Å². The van der Waals surface area contributed by atoms with Crippen molar-refractivity contribution >= 4 is 11.6 Å². The lowest BCUT2D eigenvalue weighted by atomic mass is 9.75. The highest BCUT2D eigenvalue weighted by molar-refractivity contribution is 6.25. The van der Waals surface area contributed by atoms with E-state index in [1.165, 1.54) is 31.3 Å². The van der Waals surface area contributed by atoms with Crippen molar-refractivity contribution in [3.05, 3.63) is 11.1 Å². The lowest BCUT2D eigenvalue weighted by Gasteiger charge is -2.34. The summed E-state index contributed by atoms with van der Waals surface area (Å²) in [4.78, 5) is 0. The average molecular weight is 216 g/mol. The molecule has 0 amide bonds. The predicted octanol–water partition coefficient (Wildman–Crippen LogP) is 3.69. The van der Waals surface area contributed by atoms with E-state index in [1.807, 2.05) is 0 Å². The Balaban J connectivity index is 2.23. The fourth-order valence-corrected chi connectivity index (χ4v) is 2.02. The van der Waals surface area contributed by atoms with E-state index in [-0.39, 0.29) is 0 Å². The minimum atomic E-state index is 0.565. The molecule has 0 spiro atoms. The van der Waals surface area contributed by atoms with Crippen molar-refractivity contribution in [3.63, 3.8) is 0 Å². The maximum Gasteiger partial charge on any atom is 0.0176 e. The number of hydrogen-bond acceptors (Lipinski definition) is 1. The molecule has 1 N–H and O–H groups in total. The van der Waals surface area contributed by atoms with Crippen LogP contribution in [0, 0.1) is 5.41 Å². The third-order valence-corrected chi connectivity index (χ3v) is 3.57. The van der Waals surface area contributed by atoms with Crippen molar-refractivity contribution in [1.29, 1.82) is 0 Å². The van der Waals surface area contributed by atoms with Gasteiger partial charge in [-0.2, -0.15) is 0 Å². The molecule has 0 aromatic heterocycles. The van der Waals surface area contributed by atoms with E-state index >= 15 is 0 Å². The highest BCUT2D eigenvalue weighted by atomic mass is 35.5. The van der Waals surface area contributed by atoms with Gasteiger partial charge in [0.25, 0.3) is 0 Å². The normalized spacial score (nSPS) is 23.9. The third kappa shape index (κ3) is 4.02. The fraction of sp³-hybridized carbons (Fsp3) is 0.833. The van der Waals surface area contributed by atoms with Crippen molar-refractivity contribution < 1.29 is 0 Å². The van der Waals surface area contributed by atoms with Crippen LogP contribution in [0.4, 0.5) is 0 Å². The van der Waals surface area contributed by atoms with Gasteiger partial charge in [0.15, 0.2) is 0 Å². The van der Waals surface area contributed by atoms with E-state index in [4.69, 9.17) is 11.6 Å².